The highest BCUT2D eigenvalue weighted by molar-refractivity contribution is 5.84. The predicted molar refractivity (Wildman–Crippen MR) is 68.6 cm³/mol. The molecule has 0 unspecified atom stereocenters. The lowest BCUT2D eigenvalue weighted by Crippen LogP contribution is -1.95. The molecule has 0 saturated heterocycles. The molecule has 0 amide bonds. The molecule has 0 aliphatic rings. The van der Waals surface area contributed by atoms with Crippen LogP contribution in [0.4, 0.5) is 10.1 Å². The summed E-state index contributed by atoms with van der Waals surface area (Å²) >= 11 is 0. The zero-order valence-corrected chi connectivity index (χ0v) is 10.1. The second-order valence-electron chi connectivity index (χ2n) is 4.13. The first kappa shape index (κ1) is 12.9. The van der Waals surface area contributed by atoms with E-state index in [1.807, 2.05) is 0 Å². The first-order chi connectivity index (χ1) is 9.02. The summed E-state index contributed by atoms with van der Waals surface area (Å²) in [6.07, 6.45) is 0.397. The van der Waals surface area contributed by atoms with E-state index in [0.717, 1.165) is 5.56 Å². The van der Waals surface area contributed by atoms with Crippen molar-refractivity contribution in [2.75, 3.05) is 0 Å². The van der Waals surface area contributed by atoms with E-state index in [1.165, 1.54) is 24.3 Å². The molecule has 96 valence electrons. The Morgan fingerprint density at radius 3 is 2.53 bits per heavy atom. The first-order valence-electron chi connectivity index (χ1n) is 5.53. The molecule has 0 aliphatic carbocycles. The zero-order chi connectivity index (χ0) is 14.0. The standard InChI is InChI=1S/C14H10FNO3/c1-9-2-4-12(13(15)6-9)10-3-5-14(16(18)19)11(7-10)8-17/h2-8H,1H3. The third kappa shape index (κ3) is 2.49. The van der Waals surface area contributed by atoms with Crippen molar-refractivity contribution in [1.29, 1.82) is 0 Å². The molecular weight excluding hydrogens is 249 g/mol. The number of hydrogen-bond acceptors (Lipinski definition) is 3. The van der Waals surface area contributed by atoms with E-state index in [-0.39, 0.29) is 11.3 Å². The van der Waals surface area contributed by atoms with Gasteiger partial charge in [-0.15, -0.1) is 0 Å². The number of hydrogen-bond donors (Lipinski definition) is 0. The second kappa shape index (κ2) is 4.97. The second-order valence-corrected chi connectivity index (χ2v) is 4.13. The quantitative estimate of drug-likeness (QED) is 0.481. The average Bonchev–Trinajstić information content (AvgIpc) is 2.37. The molecule has 0 atom stereocenters. The Morgan fingerprint density at radius 1 is 1.21 bits per heavy atom. The number of nitro groups is 1. The van der Waals surface area contributed by atoms with Gasteiger partial charge in [0, 0.05) is 11.6 Å². The van der Waals surface area contributed by atoms with Crippen LogP contribution in [0.15, 0.2) is 36.4 Å². The van der Waals surface area contributed by atoms with E-state index >= 15 is 0 Å². The number of aldehydes is 1. The van der Waals surface area contributed by atoms with Crippen LogP contribution in [0.1, 0.15) is 15.9 Å². The molecule has 0 radical (unpaired) electrons. The average molecular weight is 259 g/mol. The van der Waals surface area contributed by atoms with E-state index in [4.69, 9.17) is 0 Å². The van der Waals surface area contributed by atoms with Gasteiger partial charge in [0.25, 0.3) is 5.69 Å². The van der Waals surface area contributed by atoms with Crippen molar-refractivity contribution in [3.8, 4) is 11.1 Å². The van der Waals surface area contributed by atoms with Crippen LogP contribution in [0.25, 0.3) is 11.1 Å². The topological polar surface area (TPSA) is 60.2 Å². The summed E-state index contributed by atoms with van der Waals surface area (Å²) in [6.45, 7) is 1.76. The normalized spacial score (nSPS) is 10.2. The summed E-state index contributed by atoms with van der Waals surface area (Å²) in [7, 11) is 0. The molecule has 0 aromatic heterocycles. The van der Waals surface area contributed by atoms with Gasteiger partial charge in [-0.3, -0.25) is 14.9 Å². The van der Waals surface area contributed by atoms with E-state index in [9.17, 15) is 19.3 Å². The minimum atomic E-state index is -0.640. The maximum atomic E-state index is 13.8. The number of halogens is 1. The molecule has 0 saturated carbocycles. The Morgan fingerprint density at radius 2 is 1.95 bits per heavy atom. The molecule has 0 spiro atoms. The number of carbonyl (C=O) groups excluding carboxylic acids is 1. The van der Waals surface area contributed by atoms with Gasteiger partial charge >= 0.3 is 0 Å². The fourth-order valence-electron chi connectivity index (χ4n) is 1.84. The van der Waals surface area contributed by atoms with Gasteiger partial charge in [0.05, 0.1) is 10.5 Å². The molecule has 0 heterocycles. The van der Waals surface area contributed by atoms with E-state index < -0.39 is 10.7 Å². The molecule has 2 rings (SSSR count). The molecule has 2 aromatic carbocycles. The van der Waals surface area contributed by atoms with Gasteiger partial charge < -0.3 is 0 Å². The van der Waals surface area contributed by atoms with Crippen LogP contribution in [-0.4, -0.2) is 11.2 Å². The monoisotopic (exact) mass is 259 g/mol. The molecular formula is C14H10FNO3. The summed E-state index contributed by atoms with van der Waals surface area (Å²) in [6, 6.07) is 8.65. The van der Waals surface area contributed by atoms with Crippen molar-refractivity contribution in [1.82, 2.24) is 0 Å². The van der Waals surface area contributed by atoms with E-state index in [2.05, 4.69) is 0 Å². The van der Waals surface area contributed by atoms with Gasteiger partial charge in [0.1, 0.15) is 5.82 Å². The summed E-state index contributed by atoms with van der Waals surface area (Å²) < 4.78 is 13.8. The predicted octanol–water partition coefficient (Wildman–Crippen LogP) is 3.52. The minimum absolute atomic E-state index is 0.0672. The lowest BCUT2D eigenvalue weighted by Gasteiger charge is -2.05. The lowest BCUT2D eigenvalue weighted by molar-refractivity contribution is -0.385. The fraction of sp³-hybridized carbons (Fsp3) is 0.0714. The highest BCUT2D eigenvalue weighted by Gasteiger charge is 2.15. The number of aryl methyl sites for hydroxylation is 1. The molecule has 19 heavy (non-hydrogen) atoms. The maximum Gasteiger partial charge on any atom is 0.279 e. The lowest BCUT2D eigenvalue weighted by atomic mass is 10.0. The minimum Gasteiger partial charge on any atom is -0.298 e. The Balaban J connectivity index is 2.57. The molecule has 0 bridgehead atoms. The highest BCUT2D eigenvalue weighted by atomic mass is 19.1. The van der Waals surface area contributed by atoms with Gasteiger partial charge in [-0.2, -0.15) is 0 Å². The third-order valence-electron chi connectivity index (χ3n) is 2.79. The van der Waals surface area contributed by atoms with Gasteiger partial charge in [0.2, 0.25) is 0 Å². The molecule has 5 heteroatoms. The van der Waals surface area contributed by atoms with E-state index in [0.29, 0.717) is 17.4 Å². The Bertz CT molecular complexity index is 668. The Labute approximate surface area is 108 Å². The Hall–Kier alpha value is -2.56. The highest BCUT2D eigenvalue weighted by Crippen LogP contribution is 2.28. The van der Waals surface area contributed by atoms with Crippen molar-refractivity contribution in [3.05, 3.63) is 63.5 Å². The van der Waals surface area contributed by atoms with Crippen LogP contribution in [0.2, 0.25) is 0 Å². The molecule has 0 N–H and O–H groups in total. The largest absolute Gasteiger partial charge is 0.298 e. The van der Waals surface area contributed by atoms with Crippen LogP contribution in [0.5, 0.6) is 0 Å². The van der Waals surface area contributed by atoms with Crippen LogP contribution >= 0.6 is 0 Å². The molecule has 4 nitrogen and oxygen atoms in total. The van der Waals surface area contributed by atoms with Gasteiger partial charge in [0.15, 0.2) is 6.29 Å². The van der Waals surface area contributed by atoms with Gasteiger partial charge in [-0.25, -0.2) is 4.39 Å². The van der Waals surface area contributed by atoms with Crippen molar-refractivity contribution in [2.45, 2.75) is 6.92 Å². The maximum absolute atomic E-state index is 13.8. The first-order valence-corrected chi connectivity index (χ1v) is 5.53. The number of benzene rings is 2. The summed E-state index contributed by atoms with van der Waals surface area (Å²) in [4.78, 5) is 20.9. The number of nitrogens with zero attached hydrogens (tertiary/aromatic N) is 1. The smallest absolute Gasteiger partial charge is 0.279 e. The zero-order valence-electron chi connectivity index (χ0n) is 10.1. The third-order valence-corrected chi connectivity index (χ3v) is 2.79. The van der Waals surface area contributed by atoms with Gasteiger partial charge in [-0.1, -0.05) is 12.1 Å². The number of rotatable bonds is 3. The number of carbonyl (C=O) groups is 1. The van der Waals surface area contributed by atoms with Crippen molar-refractivity contribution < 1.29 is 14.1 Å². The van der Waals surface area contributed by atoms with Crippen molar-refractivity contribution in [2.24, 2.45) is 0 Å². The van der Waals surface area contributed by atoms with Crippen LogP contribution in [-0.2, 0) is 0 Å². The number of nitro benzene ring substituents is 1. The van der Waals surface area contributed by atoms with Crippen LogP contribution in [0.3, 0.4) is 0 Å². The van der Waals surface area contributed by atoms with Gasteiger partial charge in [-0.05, 0) is 36.2 Å². The summed E-state index contributed by atoms with van der Waals surface area (Å²) in [5, 5.41) is 10.7. The van der Waals surface area contributed by atoms with Crippen LogP contribution in [0, 0.1) is 22.9 Å². The summed E-state index contributed by atoms with van der Waals surface area (Å²) in [5.41, 5.74) is 1.17. The van der Waals surface area contributed by atoms with Crippen molar-refractivity contribution >= 4 is 12.0 Å². The molecule has 2 aromatic rings. The SMILES string of the molecule is Cc1ccc(-c2ccc([N+](=O)[O-])c(C=O)c2)c(F)c1. The van der Waals surface area contributed by atoms with Crippen LogP contribution < -0.4 is 0 Å². The van der Waals surface area contributed by atoms with E-state index in [1.54, 1.807) is 19.1 Å². The Kier molecular flexibility index (Phi) is 3.37. The molecule has 0 fully saturated rings. The van der Waals surface area contributed by atoms with Crippen molar-refractivity contribution in [3.63, 3.8) is 0 Å². The summed E-state index contributed by atoms with van der Waals surface area (Å²) in [5.74, 6) is -0.425. The molecule has 0 aliphatic heterocycles. The fourth-order valence-corrected chi connectivity index (χ4v) is 1.84.